The molecule has 124 valence electrons. The summed E-state index contributed by atoms with van der Waals surface area (Å²) in [5.74, 6) is 0.220. The number of benzene rings is 1. The van der Waals surface area contributed by atoms with Crippen LogP contribution in [0.25, 0.3) is 0 Å². The lowest BCUT2D eigenvalue weighted by molar-refractivity contribution is 0.123. The Hall–Kier alpha value is -1.00. The molecule has 1 heterocycles. The highest BCUT2D eigenvalue weighted by Crippen LogP contribution is 2.20. The second-order valence-corrected chi connectivity index (χ2v) is 8.93. The third-order valence-electron chi connectivity index (χ3n) is 3.45. The van der Waals surface area contributed by atoms with Crippen molar-refractivity contribution in [3.8, 4) is 0 Å². The lowest BCUT2D eigenvalue weighted by atomic mass is 10.1. The molecule has 2 rings (SSSR count). The molecule has 0 aliphatic carbocycles. The van der Waals surface area contributed by atoms with Crippen molar-refractivity contribution in [2.75, 3.05) is 12.4 Å². The van der Waals surface area contributed by atoms with Gasteiger partial charge in [0.05, 0.1) is 16.8 Å². The summed E-state index contributed by atoms with van der Waals surface area (Å²) >= 11 is 0. The van der Waals surface area contributed by atoms with Gasteiger partial charge in [0.25, 0.3) is 0 Å². The maximum atomic E-state index is 12.1. The van der Waals surface area contributed by atoms with E-state index in [0.717, 1.165) is 0 Å². The Kier molecular flexibility index (Phi) is 5.23. The molecule has 0 spiro atoms. The van der Waals surface area contributed by atoms with Gasteiger partial charge in [0.2, 0.25) is 20.0 Å². The average Bonchev–Trinajstić information content (AvgIpc) is 2.80. The molecule has 1 aromatic rings. The summed E-state index contributed by atoms with van der Waals surface area (Å²) in [5, 5.41) is 5.12. The fourth-order valence-electron chi connectivity index (χ4n) is 2.42. The second-order valence-electron chi connectivity index (χ2n) is 5.55. The Morgan fingerprint density at radius 1 is 1.27 bits per heavy atom. The molecule has 1 aliphatic rings. The number of ether oxygens (including phenoxy) is 1. The first kappa shape index (κ1) is 17.4. The first-order chi connectivity index (χ1) is 10.2. The van der Waals surface area contributed by atoms with Crippen LogP contribution in [0.5, 0.6) is 0 Å². The van der Waals surface area contributed by atoms with E-state index in [4.69, 9.17) is 9.88 Å². The second kappa shape index (κ2) is 6.63. The Morgan fingerprint density at radius 3 is 2.55 bits per heavy atom. The van der Waals surface area contributed by atoms with E-state index in [-0.39, 0.29) is 23.3 Å². The molecule has 2 unspecified atom stereocenters. The van der Waals surface area contributed by atoms with E-state index >= 15 is 0 Å². The van der Waals surface area contributed by atoms with Crippen molar-refractivity contribution in [1.82, 2.24) is 4.72 Å². The van der Waals surface area contributed by atoms with Crippen molar-refractivity contribution < 1.29 is 21.6 Å². The highest BCUT2D eigenvalue weighted by molar-refractivity contribution is 7.89. The fourth-order valence-corrected chi connectivity index (χ4v) is 4.41. The van der Waals surface area contributed by atoms with E-state index in [1.165, 1.54) is 18.2 Å². The minimum Gasteiger partial charge on any atom is -0.377 e. The molecule has 7 nitrogen and oxygen atoms in total. The lowest BCUT2D eigenvalue weighted by Gasteiger charge is -2.12. The molecule has 0 saturated carbocycles. The van der Waals surface area contributed by atoms with Crippen LogP contribution in [0.1, 0.15) is 18.9 Å². The van der Waals surface area contributed by atoms with Crippen LogP contribution in [0.2, 0.25) is 0 Å². The zero-order chi connectivity index (χ0) is 16.4. The van der Waals surface area contributed by atoms with Gasteiger partial charge in [0.15, 0.2) is 0 Å². The van der Waals surface area contributed by atoms with Crippen molar-refractivity contribution in [3.05, 3.63) is 29.8 Å². The topological polar surface area (TPSA) is 116 Å². The predicted molar refractivity (Wildman–Crippen MR) is 82.0 cm³/mol. The third-order valence-corrected chi connectivity index (χ3v) is 5.85. The maximum Gasteiger partial charge on any atom is 0.238 e. The van der Waals surface area contributed by atoms with Crippen LogP contribution in [0, 0.1) is 5.92 Å². The lowest BCUT2D eigenvalue weighted by Crippen LogP contribution is -2.32. The molecule has 0 bridgehead atoms. The van der Waals surface area contributed by atoms with Crippen LogP contribution in [-0.4, -0.2) is 35.3 Å². The molecule has 0 amide bonds. The van der Waals surface area contributed by atoms with Gasteiger partial charge in [-0.1, -0.05) is 25.1 Å². The van der Waals surface area contributed by atoms with Gasteiger partial charge in [0, 0.05) is 13.2 Å². The van der Waals surface area contributed by atoms with Gasteiger partial charge in [-0.15, -0.1) is 0 Å². The molecule has 9 heteroatoms. The van der Waals surface area contributed by atoms with E-state index in [1.54, 1.807) is 6.07 Å². The van der Waals surface area contributed by atoms with Gasteiger partial charge >= 0.3 is 0 Å². The Bertz CT molecular complexity index is 731. The monoisotopic (exact) mass is 348 g/mol. The number of sulfonamides is 2. The van der Waals surface area contributed by atoms with Gasteiger partial charge in [-0.05, 0) is 24.0 Å². The normalized spacial score (nSPS) is 22.8. The van der Waals surface area contributed by atoms with Crippen LogP contribution in [-0.2, 0) is 31.3 Å². The maximum absolute atomic E-state index is 12.1. The molecule has 1 aliphatic heterocycles. The van der Waals surface area contributed by atoms with E-state index < -0.39 is 20.0 Å². The molecule has 1 fully saturated rings. The van der Waals surface area contributed by atoms with E-state index in [1.807, 2.05) is 6.92 Å². The van der Waals surface area contributed by atoms with Crippen molar-refractivity contribution >= 4 is 20.0 Å². The molecular weight excluding hydrogens is 328 g/mol. The summed E-state index contributed by atoms with van der Waals surface area (Å²) < 4.78 is 54.9. The van der Waals surface area contributed by atoms with E-state index in [9.17, 15) is 16.8 Å². The third kappa shape index (κ3) is 4.75. The standard InChI is InChI=1S/C13H20N2O5S2/c1-10-6-12(20-8-10)9-21(16,17)15-7-11-4-2-3-5-13(11)22(14,18)19/h2-5,10,12,15H,6-9H2,1H3,(H2,14,18,19). The Morgan fingerprint density at radius 2 is 1.95 bits per heavy atom. The van der Waals surface area contributed by atoms with Gasteiger partial charge in [0.1, 0.15) is 0 Å². The summed E-state index contributed by atoms with van der Waals surface area (Å²) in [6.45, 7) is 2.44. The van der Waals surface area contributed by atoms with Crippen molar-refractivity contribution in [2.24, 2.45) is 11.1 Å². The van der Waals surface area contributed by atoms with Crippen molar-refractivity contribution in [3.63, 3.8) is 0 Å². The number of hydrogen-bond donors (Lipinski definition) is 2. The average molecular weight is 348 g/mol. The van der Waals surface area contributed by atoms with Gasteiger partial charge in [-0.2, -0.15) is 0 Å². The molecule has 3 N–H and O–H groups in total. The zero-order valence-corrected chi connectivity index (χ0v) is 13.9. The summed E-state index contributed by atoms with van der Waals surface area (Å²) in [4.78, 5) is -0.0801. The smallest absolute Gasteiger partial charge is 0.238 e. The predicted octanol–water partition coefficient (Wildman–Crippen LogP) is 0.178. The molecule has 1 aromatic carbocycles. The molecule has 0 radical (unpaired) electrons. The van der Waals surface area contributed by atoms with E-state index in [2.05, 4.69) is 4.72 Å². The van der Waals surface area contributed by atoms with Crippen molar-refractivity contribution in [2.45, 2.75) is 30.9 Å². The molecule has 1 saturated heterocycles. The minimum atomic E-state index is -3.89. The largest absolute Gasteiger partial charge is 0.377 e. The summed E-state index contributed by atoms with van der Waals surface area (Å²) in [7, 11) is -7.45. The number of primary sulfonamides is 1. The molecule has 2 atom stereocenters. The summed E-state index contributed by atoms with van der Waals surface area (Å²) in [6, 6.07) is 6.03. The Labute approximate surface area is 131 Å². The van der Waals surface area contributed by atoms with Crippen LogP contribution >= 0.6 is 0 Å². The Balaban J connectivity index is 2.04. The van der Waals surface area contributed by atoms with Crippen LogP contribution in [0.4, 0.5) is 0 Å². The highest BCUT2D eigenvalue weighted by atomic mass is 32.2. The quantitative estimate of drug-likeness (QED) is 0.761. The minimum absolute atomic E-state index is 0.0801. The highest BCUT2D eigenvalue weighted by Gasteiger charge is 2.27. The van der Waals surface area contributed by atoms with Crippen LogP contribution in [0.15, 0.2) is 29.2 Å². The fraction of sp³-hybridized carbons (Fsp3) is 0.538. The van der Waals surface area contributed by atoms with Crippen molar-refractivity contribution in [1.29, 1.82) is 0 Å². The molecule has 0 aromatic heterocycles. The summed E-state index contributed by atoms with van der Waals surface area (Å²) in [5.41, 5.74) is 0.314. The zero-order valence-electron chi connectivity index (χ0n) is 12.2. The molecular formula is C13H20N2O5S2. The first-order valence-corrected chi connectivity index (χ1v) is 10.1. The van der Waals surface area contributed by atoms with Gasteiger partial charge < -0.3 is 4.74 Å². The number of hydrogen-bond acceptors (Lipinski definition) is 5. The molecule has 22 heavy (non-hydrogen) atoms. The number of nitrogens with one attached hydrogen (secondary N) is 1. The van der Waals surface area contributed by atoms with Gasteiger partial charge in [-0.25, -0.2) is 26.7 Å². The van der Waals surface area contributed by atoms with E-state index in [0.29, 0.717) is 24.5 Å². The summed E-state index contributed by atoms with van der Waals surface area (Å²) in [6.07, 6.45) is 0.385. The number of nitrogens with two attached hydrogens (primary N) is 1. The van der Waals surface area contributed by atoms with Gasteiger partial charge in [-0.3, -0.25) is 0 Å². The SMILES string of the molecule is CC1COC(CS(=O)(=O)NCc2ccccc2S(N)(=O)=O)C1. The van der Waals surface area contributed by atoms with Crippen LogP contribution in [0.3, 0.4) is 0 Å². The van der Waals surface area contributed by atoms with Crippen LogP contribution < -0.4 is 9.86 Å². The number of rotatable bonds is 6. The first-order valence-electron chi connectivity index (χ1n) is 6.87.